The first-order valence-corrected chi connectivity index (χ1v) is 8.71. The fourth-order valence-corrected chi connectivity index (χ4v) is 4.13. The summed E-state index contributed by atoms with van der Waals surface area (Å²) in [6.45, 7) is 6.32. The molecule has 0 bridgehead atoms. The molecule has 20 heavy (non-hydrogen) atoms. The second-order valence-electron chi connectivity index (χ2n) is 6.28. The van der Waals surface area contributed by atoms with E-state index in [0.717, 1.165) is 28.5 Å². The van der Waals surface area contributed by atoms with Gasteiger partial charge in [0.1, 0.15) is 0 Å². The average Bonchev–Trinajstić information content (AvgIpc) is 3.18. The Morgan fingerprint density at radius 1 is 1.35 bits per heavy atom. The summed E-state index contributed by atoms with van der Waals surface area (Å²) in [6, 6.07) is 0.707. The van der Waals surface area contributed by atoms with Crippen LogP contribution >= 0.6 is 11.3 Å². The lowest BCUT2D eigenvalue weighted by Gasteiger charge is -2.33. The molecular formula is C16H24N2OS. The van der Waals surface area contributed by atoms with Gasteiger partial charge in [-0.1, -0.05) is 6.42 Å². The van der Waals surface area contributed by atoms with E-state index in [1.807, 2.05) is 0 Å². The molecule has 110 valence electrons. The molecule has 1 aromatic rings. The van der Waals surface area contributed by atoms with Crippen molar-refractivity contribution in [3.8, 4) is 0 Å². The summed E-state index contributed by atoms with van der Waals surface area (Å²) in [4.78, 5) is 20.0. The van der Waals surface area contributed by atoms with Crippen LogP contribution in [-0.4, -0.2) is 34.8 Å². The van der Waals surface area contributed by atoms with Crippen molar-refractivity contribution in [2.75, 3.05) is 13.1 Å². The molecule has 1 aliphatic heterocycles. The molecule has 0 N–H and O–H groups in total. The van der Waals surface area contributed by atoms with E-state index < -0.39 is 0 Å². The Morgan fingerprint density at radius 2 is 2.15 bits per heavy atom. The topological polar surface area (TPSA) is 33.2 Å². The van der Waals surface area contributed by atoms with Gasteiger partial charge in [0.25, 0.3) is 0 Å². The van der Waals surface area contributed by atoms with Crippen molar-refractivity contribution in [1.29, 1.82) is 0 Å². The number of nitrogens with zero attached hydrogens (tertiary/aromatic N) is 2. The highest BCUT2D eigenvalue weighted by Gasteiger charge is 2.31. The monoisotopic (exact) mass is 292 g/mol. The molecule has 1 unspecified atom stereocenters. The number of piperidine rings is 1. The molecule has 3 rings (SSSR count). The third-order valence-electron chi connectivity index (χ3n) is 4.53. The Labute approximate surface area is 125 Å². The van der Waals surface area contributed by atoms with Gasteiger partial charge >= 0.3 is 0 Å². The van der Waals surface area contributed by atoms with Gasteiger partial charge in [0, 0.05) is 31.8 Å². The largest absolute Gasteiger partial charge is 0.300 e. The van der Waals surface area contributed by atoms with Gasteiger partial charge in [-0.2, -0.15) is 0 Å². The maximum Gasteiger partial charge on any atom is 0.171 e. The highest BCUT2D eigenvalue weighted by Crippen LogP contribution is 2.42. The minimum Gasteiger partial charge on any atom is -0.300 e. The fourth-order valence-electron chi connectivity index (χ4n) is 3.10. The van der Waals surface area contributed by atoms with Crippen LogP contribution in [0.1, 0.15) is 72.2 Å². The summed E-state index contributed by atoms with van der Waals surface area (Å²) in [6.07, 6.45) is 7.45. The average molecular weight is 292 g/mol. The molecule has 0 amide bonds. The second-order valence-corrected chi connectivity index (χ2v) is 7.37. The molecule has 2 heterocycles. The molecule has 2 aliphatic rings. The maximum absolute atomic E-state index is 11.7. The third kappa shape index (κ3) is 3.12. The van der Waals surface area contributed by atoms with Crippen molar-refractivity contribution in [3.63, 3.8) is 0 Å². The minimum absolute atomic E-state index is 0.196. The van der Waals surface area contributed by atoms with Gasteiger partial charge in [0.2, 0.25) is 0 Å². The smallest absolute Gasteiger partial charge is 0.171 e. The van der Waals surface area contributed by atoms with Gasteiger partial charge in [-0.15, -0.1) is 11.3 Å². The third-order valence-corrected chi connectivity index (χ3v) is 5.77. The molecular weight excluding hydrogens is 268 g/mol. The van der Waals surface area contributed by atoms with Gasteiger partial charge in [0.05, 0.1) is 15.6 Å². The van der Waals surface area contributed by atoms with Crippen LogP contribution in [0.5, 0.6) is 0 Å². The number of carbonyl (C=O) groups excluding carboxylic acids is 1. The van der Waals surface area contributed by atoms with Crippen LogP contribution in [0.25, 0.3) is 0 Å². The van der Waals surface area contributed by atoms with E-state index in [9.17, 15) is 4.79 Å². The Morgan fingerprint density at radius 3 is 2.80 bits per heavy atom. The van der Waals surface area contributed by atoms with Crippen LogP contribution in [-0.2, 0) is 6.42 Å². The van der Waals surface area contributed by atoms with E-state index in [-0.39, 0.29) is 5.78 Å². The molecule has 1 aromatic heterocycles. The first-order chi connectivity index (χ1) is 9.65. The zero-order valence-electron chi connectivity index (χ0n) is 12.5. The fraction of sp³-hybridized carbons (Fsp3) is 0.750. The van der Waals surface area contributed by atoms with E-state index in [0.29, 0.717) is 12.0 Å². The van der Waals surface area contributed by atoms with Gasteiger partial charge in [0.15, 0.2) is 5.78 Å². The highest BCUT2D eigenvalue weighted by atomic mass is 32.1. The molecule has 2 fully saturated rings. The standard InChI is InChI=1S/C16H24N2OS/c1-11-5-3-4-9-18(11)10-8-14-17-15(13-6-7-13)16(20-14)12(2)19/h11,13H,3-10H2,1-2H3. The molecule has 1 saturated heterocycles. The number of ketones is 1. The Hall–Kier alpha value is -0.740. The van der Waals surface area contributed by atoms with Crippen LogP contribution in [0, 0.1) is 0 Å². The van der Waals surface area contributed by atoms with Gasteiger partial charge in [-0.05, 0) is 39.2 Å². The van der Waals surface area contributed by atoms with Crippen molar-refractivity contribution in [1.82, 2.24) is 9.88 Å². The SMILES string of the molecule is CC(=O)c1sc(CCN2CCCCC2C)nc1C1CC1. The van der Waals surface area contributed by atoms with E-state index in [1.54, 1.807) is 18.3 Å². The number of thiazole rings is 1. The summed E-state index contributed by atoms with van der Waals surface area (Å²) in [5.41, 5.74) is 1.10. The van der Waals surface area contributed by atoms with Crippen molar-refractivity contribution < 1.29 is 4.79 Å². The Balaban J connectivity index is 1.65. The Bertz CT molecular complexity index is 493. The van der Waals surface area contributed by atoms with Gasteiger partial charge < -0.3 is 4.90 Å². The molecule has 1 aliphatic carbocycles. The number of hydrogen-bond acceptors (Lipinski definition) is 4. The molecule has 4 heteroatoms. The molecule has 1 saturated carbocycles. The second kappa shape index (κ2) is 5.94. The first-order valence-electron chi connectivity index (χ1n) is 7.89. The minimum atomic E-state index is 0.196. The van der Waals surface area contributed by atoms with Crippen LogP contribution < -0.4 is 0 Å². The molecule has 1 atom stereocenters. The van der Waals surface area contributed by atoms with E-state index >= 15 is 0 Å². The van der Waals surface area contributed by atoms with Crippen molar-refractivity contribution in [2.24, 2.45) is 0 Å². The zero-order chi connectivity index (χ0) is 14.1. The van der Waals surface area contributed by atoms with Crippen molar-refractivity contribution >= 4 is 17.1 Å². The lowest BCUT2D eigenvalue weighted by Crippen LogP contribution is -2.38. The lowest BCUT2D eigenvalue weighted by atomic mass is 10.0. The number of hydrogen-bond donors (Lipinski definition) is 0. The normalized spacial score (nSPS) is 24.0. The van der Waals surface area contributed by atoms with E-state index in [4.69, 9.17) is 4.98 Å². The lowest BCUT2D eigenvalue weighted by molar-refractivity contribution is 0.102. The number of carbonyl (C=O) groups is 1. The van der Waals surface area contributed by atoms with Gasteiger partial charge in [-0.25, -0.2) is 4.98 Å². The van der Waals surface area contributed by atoms with Gasteiger partial charge in [-0.3, -0.25) is 4.79 Å². The number of aromatic nitrogens is 1. The predicted octanol–water partition coefficient (Wildman–Crippen LogP) is 3.64. The maximum atomic E-state index is 11.7. The number of rotatable bonds is 5. The van der Waals surface area contributed by atoms with Crippen molar-refractivity contribution in [3.05, 3.63) is 15.6 Å². The summed E-state index contributed by atoms with van der Waals surface area (Å²) in [5, 5.41) is 1.16. The van der Waals surface area contributed by atoms with E-state index in [1.165, 1.54) is 38.6 Å². The number of Topliss-reactive ketones (excluding diaryl/α,β-unsaturated/α-hetero) is 1. The number of likely N-dealkylation sites (tertiary alicyclic amines) is 1. The van der Waals surface area contributed by atoms with E-state index in [2.05, 4.69) is 11.8 Å². The quantitative estimate of drug-likeness (QED) is 0.777. The molecule has 3 nitrogen and oxygen atoms in total. The highest BCUT2D eigenvalue weighted by molar-refractivity contribution is 7.13. The molecule has 0 aromatic carbocycles. The van der Waals surface area contributed by atoms with Crippen molar-refractivity contribution in [2.45, 2.75) is 64.3 Å². The summed E-state index contributed by atoms with van der Waals surface area (Å²) in [5.74, 6) is 0.773. The summed E-state index contributed by atoms with van der Waals surface area (Å²) in [7, 11) is 0. The zero-order valence-corrected chi connectivity index (χ0v) is 13.3. The predicted molar refractivity (Wildman–Crippen MR) is 82.7 cm³/mol. The van der Waals surface area contributed by atoms with Crippen LogP contribution in [0.3, 0.4) is 0 Å². The summed E-state index contributed by atoms with van der Waals surface area (Å²) >= 11 is 1.64. The first kappa shape index (κ1) is 14.2. The Kier molecular flexibility index (Phi) is 4.22. The van der Waals surface area contributed by atoms with Crippen LogP contribution in [0.2, 0.25) is 0 Å². The summed E-state index contributed by atoms with van der Waals surface area (Å²) < 4.78 is 0. The molecule has 0 radical (unpaired) electrons. The van der Waals surface area contributed by atoms with Crippen LogP contribution in [0.4, 0.5) is 0 Å². The van der Waals surface area contributed by atoms with Crippen LogP contribution in [0.15, 0.2) is 0 Å². The molecule has 0 spiro atoms.